The van der Waals surface area contributed by atoms with Gasteiger partial charge in [-0.1, -0.05) is 19.1 Å². The van der Waals surface area contributed by atoms with Gasteiger partial charge in [0.2, 0.25) is 0 Å². The summed E-state index contributed by atoms with van der Waals surface area (Å²) >= 11 is 1.48. The number of fused-ring (bicyclic) bond motifs is 1. The van der Waals surface area contributed by atoms with E-state index in [0.29, 0.717) is 27.1 Å². The Kier molecular flexibility index (Phi) is 5.69. The highest BCUT2D eigenvalue weighted by Gasteiger charge is 2.20. The van der Waals surface area contributed by atoms with Crippen LogP contribution in [0.4, 0.5) is 4.39 Å². The van der Waals surface area contributed by atoms with Crippen molar-refractivity contribution < 1.29 is 13.9 Å². The molecule has 0 spiro atoms. The number of carbonyl (C=O) groups excluding carboxylic acids is 1. The number of rotatable bonds is 6. The Hall–Kier alpha value is -3.32. The topological polar surface area (TPSA) is 61.2 Å². The lowest BCUT2D eigenvalue weighted by molar-refractivity contribution is 0.0970. The van der Waals surface area contributed by atoms with E-state index in [1.807, 2.05) is 31.2 Å². The molecule has 2 aromatic carbocycles. The normalized spacial score (nSPS) is 11.1. The largest absolute Gasteiger partial charge is 0.497 e. The molecule has 0 N–H and O–H groups in total. The fraction of sp³-hybridized carbons (Fsp3) is 0.208. The second-order valence-corrected chi connectivity index (χ2v) is 8.31. The fourth-order valence-corrected chi connectivity index (χ4v) is 4.67. The van der Waals surface area contributed by atoms with Crippen molar-refractivity contribution in [1.82, 2.24) is 9.55 Å². The molecule has 0 aliphatic rings. The number of ketones is 1. The molecular formula is C24H21FN2O3S. The van der Waals surface area contributed by atoms with E-state index in [9.17, 15) is 14.0 Å². The first-order chi connectivity index (χ1) is 14.9. The van der Waals surface area contributed by atoms with Crippen molar-refractivity contribution in [3.63, 3.8) is 0 Å². The van der Waals surface area contributed by atoms with Crippen molar-refractivity contribution in [2.75, 3.05) is 7.11 Å². The van der Waals surface area contributed by atoms with Crippen molar-refractivity contribution in [3.05, 3.63) is 81.0 Å². The number of carbonyl (C=O) groups is 1. The van der Waals surface area contributed by atoms with Gasteiger partial charge in [-0.25, -0.2) is 9.37 Å². The molecule has 7 heteroatoms. The lowest BCUT2D eigenvalue weighted by Gasteiger charge is -2.08. The minimum atomic E-state index is -0.370. The smallest absolute Gasteiger partial charge is 0.263 e. The van der Waals surface area contributed by atoms with Crippen LogP contribution in [0.5, 0.6) is 5.75 Å². The minimum absolute atomic E-state index is 0.165. The standard InChI is InChI=1S/C24H21FN2O3S/c1-4-20-21(16-6-5-7-17(11-16)30-3)22-23(31-20)26-13-27(24(22)29)12-19(28)15-8-9-18(25)14(2)10-15/h5-11,13H,4,12H2,1-3H3. The number of methoxy groups -OCH3 is 1. The van der Waals surface area contributed by atoms with Gasteiger partial charge in [0.1, 0.15) is 16.4 Å². The van der Waals surface area contributed by atoms with E-state index >= 15 is 0 Å². The molecule has 31 heavy (non-hydrogen) atoms. The van der Waals surface area contributed by atoms with Crippen LogP contribution in [0.25, 0.3) is 21.3 Å². The molecule has 2 aromatic heterocycles. The zero-order valence-corrected chi connectivity index (χ0v) is 18.3. The lowest BCUT2D eigenvalue weighted by atomic mass is 10.0. The molecule has 0 aliphatic heterocycles. The molecule has 0 unspecified atom stereocenters. The molecule has 4 aromatic rings. The molecule has 5 nitrogen and oxygen atoms in total. The summed E-state index contributed by atoms with van der Waals surface area (Å²) in [6.07, 6.45) is 2.16. The van der Waals surface area contributed by atoms with Gasteiger partial charge in [-0.3, -0.25) is 14.2 Å². The van der Waals surface area contributed by atoms with Crippen molar-refractivity contribution in [1.29, 1.82) is 0 Å². The molecule has 4 rings (SSSR count). The average Bonchev–Trinajstić information content (AvgIpc) is 3.17. The summed E-state index contributed by atoms with van der Waals surface area (Å²) in [5.41, 5.74) is 2.18. The van der Waals surface area contributed by atoms with Crippen molar-refractivity contribution in [2.45, 2.75) is 26.8 Å². The first-order valence-corrected chi connectivity index (χ1v) is 10.7. The van der Waals surface area contributed by atoms with Crippen LogP contribution in [0.15, 0.2) is 53.6 Å². The summed E-state index contributed by atoms with van der Waals surface area (Å²) in [5, 5.41) is 0.501. The number of Topliss-reactive ketones (excluding diaryl/α,β-unsaturated/α-hetero) is 1. The molecule has 0 bridgehead atoms. The van der Waals surface area contributed by atoms with Crippen LogP contribution in [0.2, 0.25) is 0 Å². The van der Waals surface area contributed by atoms with Crippen molar-refractivity contribution >= 4 is 27.3 Å². The molecule has 0 atom stereocenters. The summed E-state index contributed by atoms with van der Waals surface area (Å²) in [6, 6.07) is 11.8. The van der Waals surface area contributed by atoms with Crippen LogP contribution in [-0.2, 0) is 13.0 Å². The third kappa shape index (κ3) is 3.88. The molecule has 158 valence electrons. The maximum atomic E-state index is 13.5. The van der Waals surface area contributed by atoms with E-state index in [1.54, 1.807) is 14.0 Å². The number of aryl methyl sites for hydroxylation is 2. The Labute approximate surface area is 182 Å². The number of benzene rings is 2. The number of nitrogens with zero attached hydrogens (tertiary/aromatic N) is 2. The molecule has 0 aliphatic carbocycles. The maximum absolute atomic E-state index is 13.5. The first kappa shape index (κ1) is 20.9. The highest BCUT2D eigenvalue weighted by atomic mass is 32.1. The summed E-state index contributed by atoms with van der Waals surface area (Å²) in [4.78, 5) is 32.3. The third-order valence-electron chi connectivity index (χ3n) is 5.23. The van der Waals surface area contributed by atoms with Gasteiger partial charge in [-0.15, -0.1) is 11.3 Å². The Balaban J connectivity index is 1.82. The van der Waals surface area contributed by atoms with E-state index in [0.717, 1.165) is 22.4 Å². The van der Waals surface area contributed by atoms with Gasteiger partial charge in [0.05, 0.1) is 25.4 Å². The van der Waals surface area contributed by atoms with Crippen LogP contribution >= 0.6 is 11.3 Å². The van der Waals surface area contributed by atoms with E-state index in [-0.39, 0.29) is 23.7 Å². The summed E-state index contributed by atoms with van der Waals surface area (Å²) in [6.45, 7) is 3.47. The van der Waals surface area contributed by atoms with Gasteiger partial charge >= 0.3 is 0 Å². The first-order valence-electron chi connectivity index (χ1n) is 9.87. The lowest BCUT2D eigenvalue weighted by Crippen LogP contribution is -2.24. The molecular weight excluding hydrogens is 415 g/mol. The molecule has 0 amide bonds. The maximum Gasteiger partial charge on any atom is 0.263 e. The number of thiophene rings is 1. The average molecular weight is 437 g/mol. The van der Waals surface area contributed by atoms with Gasteiger partial charge < -0.3 is 4.74 Å². The Bertz CT molecular complexity index is 1360. The molecule has 0 fully saturated rings. The summed E-state index contributed by atoms with van der Waals surface area (Å²) < 4.78 is 20.2. The van der Waals surface area contributed by atoms with E-state index < -0.39 is 0 Å². The number of aromatic nitrogens is 2. The molecule has 2 heterocycles. The van der Waals surface area contributed by atoms with Crippen molar-refractivity contribution in [2.24, 2.45) is 0 Å². The van der Waals surface area contributed by atoms with Gasteiger partial charge in [0.25, 0.3) is 5.56 Å². The number of ether oxygens (including phenoxy) is 1. The van der Waals surface area contributed by atoms with Gasteiger partial charge in [-0.2, -0.15) is 0 Å². The van der Waals surface area contributed by atoms with Gasteiger partial charge in [0, 0.05) is 16.0 Å². The van der Waals surface area contributed by atoms with Crippen LogP contribution in [0, 0.1) is 12.7 Å². The zero-order valence-electron chi connectivity index (χ0n) is 17.4. The fourth-order valence-electron chi connectivity index (χ4n) is 3.58. The minimum Gasteiger partial charge on any atom is -0.497 e. The number of hydrogen-bond acceptors (Lipinski definition) is 5. The summed E-state index contributed by atoms with van der Waals surface area (Å²) in [7, 11) is 1.60. The Morgan fingerprint density at radius 3 is 2.74 bits per heavy atom. The van der Waals surface area contributed by atoms with Crippen LogP contribution < -0.4 is 10.3 Å². The van der Waals surface area contributed by atoms with E-state index in [2.05, 4.69) is 4.98 Å². The second-order valence-electron chi connectivity index (χ2n) is 7.23. The molecule has 0 saturated carbocycles. The predicted molar refractivity (Wildman–Crippen MR) is 121 cm³/mol. The van der Waals surface area contributed by atoms with Crippen molar-refractivity contribution in [3.8, 4) is 16.9 Å². The van der Waals surface area contributed by atoms with Crippen LogP contribution in [-0.4, -0.2) is 22.4 Å². The SMILES string of the molecule is CCc1sc2ncn(CC(=O)c3ccc(F)c(C)c3)c(=O)c2c1-c1cccc(OC)c1. The quantitative estimate of drug-likeness (QED) is 0.398. The van der Waals surface area contributed by atoms with Crippen LogP contribution in [0.1, 0.15) is 27.7 Å². The highest BCUT2D eigenvalue weighted by Crippen LogP contribution is 2.37. The van der Waals surface area contributed by atoms with Gasteiger partial charge in [-0.05, 0) is 54.8 Å². The summed E-state index contributed by atoms with van der Waals surface area (Å²) in [5.74, 6) is 0.0512. The van der Waals surface area contributed by atoms with E-state index in [4.69, 9.17) is 4.74 Å². The van der Waals surface area contributed by atoms with E-state index in [1.165, 1.54) is 40.4 Å². The number of hydrogen-bond donors (Lipinski definition) is 0. The highest BCUT2D eigenvalue weighted by molar-refractivity contribution is 7.19. The molecule has 0 radical (unpaired) electrons. The van der Waals surface area contributed by atoms with Gasteiger partial charge in [0.15, 0.2) is 5.78 Å². The second kappa shape index (κ2) is 8.43. The Morgan fingerprint density at radius 1 is 1.23 bits per heavy atom. The zero-order chi connectivity index (χ0) is 22.1. The third-order valence-corrected chi connectivity index (χ3v) is 6.47. The van der Waals surface area contributed by atoms with Crippen LogP contribution in [0.3, 0.4) is 0 Å². The predicted octanol–water partition coefficient (Wildman–Crippen LogP) is 5.03. The number of halogens is 1. The molecule has 0 saturated heterocycles. The Morgan fingerprint density at radius 2 is 2.03 bits per heavy atom. The monoisotopic (exact) mass is 436 g/mol.